The van der Waals surface area contributed by atoms with Crippen LogP contribution in [0.5, 0.6) is 5.75 Å². The molecule has 0 aliphatic carbocycles. The Hall–Kier alpha value is -3.91. The molecule has 0 spiro atoms. The number of aliphatic hydroxyl groups is 1. The first-order chi connectivity index (χ1) is 16.0. The Morgan fingerprint density at radius 3 is 2.64 bits per heavy atom. The van der Waals surface area contributed by atoms with Gasteiger partial charge in [-0.05, 0) is 60.5 Å². The van der Waals surface area contributed by atoms with Gasteiger partial charge in [-0.15, -0.1) is 0 Å². The van der Waals surface area contributed by atoms with Crippen LogP contribution >= 0.6 is 11.3 Å². The summed E-state index contributed by atoms with van der Waals surface area (Å²) in [6.07, 6.45) is 2.34. The van der Waals surface area contributed by atoms with Crippen LogP contribution in [0.15, 0.2) is 70.9 Å². The first-order valence-corrected chi connectivity index (χ1v) is 11.2. The number of hydrogen-bond acceptors (Lipinski definition) is 7. The van der Waals surface area contributed by atoms with Gasteiger partial charge in [-0.1, -0.05) is 24.3 Å². The molecule has 1 atom stereocenters. The number of amides is 1. The second-order valence-electron chi connectivity index (χ2n) is 7.57. The quantitative estimate of drug-likeness (QED) is 0.253. The Labute approximate surface area is 193 Å². The van der Waals surface area contributed by atoms with Gasteiger partial charge < -0.3 is 14.3 Å². The number of aliphatic hydroxyl groups excluding tert-OH is 1. The summed E-state index contributed by atoms with van der Waals surface area (Å²) >= 11 is 1.32. The largest absolute Gasteiger partial charge is 0.507 e. The van der Waals surface area contributed by atoms with E-state index in [4.69, 9.17) is 9.15 Å². The van der Waals surface area contributed by atoms with E-state index in [-0.39, 0.29) is 11.3 Å². The second kappa shape index (κ2) is 8.22. The lowest BCUT2D eigenvalue weighted by molar-refractivity contribution is -0.132. The number of furan rings is 1. The number of thiazole rings is 1. The second-order valence-corrected chi connectivity index (χ2v) is 8.57. The van der Waals surface area contributed by atoms with Gasteiger partial charge in [0.1, 0.15) is 23.3 Å². The number of ketones is 1. The van der Waals surface area contributed by atoms with E-state index < -0.39 is 17.7 Å². The maximum absolute atomic E-state index is 13.2. The zero-order valence-corrected chi connectivity index (χ0v) is 18.8. The predicted octanol–water partition coefficient (Wildman–Crippen LogP) is 5.09. The summed E-state index contributed by atoms with van der Waals surface area (Å²) < 4.78 is 11.7. The van der Waals surface area contributed by atoms with Gasteiger partial charge in [0.25, 0.3) is 5.78 Å². The maximum atomic E-state index is 13.2. The highest BCUT2D eigenvalue weighted by molar-refractivity contribution is 7.22. The molecule has 1 N–H and O–H groups in total. The third kappa shape index (κ3) is 3.48. The van der Waals surface area contributed by atoms with Gasteiger partial charge in [0.2, 0.25) is 0 Å². The Kier molecular flexibility index (Phi) is 5.22. The van der Waals surface area contributed by atoms with Crippen molar-refractivity contribution in [3.63, 3.8) is 0 Å². The molecule has 1 fully saturated rings. The first-order valence-electron chi connectivity index (χ1n) is 10.4. The fraction of sp³-hybridized carbons (Fsp3) is 0.160. The van der Waals surface area contributed by atoms with Gasteiger partial charge in [0.05, 0.1) is 29.2 Å². The van der Waals surface area contributed by atoms with Crippen molar-refractivity contribution in [2.45, 2.75) is 19.4 Å². The highest BCUT2D eigenvalue weighted by Gasteiger charge is 2.49. The fourth-order valence-electron chi connectivity index (χ4n) is 3.93. The number of ether oxygens (including phenoxy) is 1. The summed E-state index contributed by atoms with van der Waals surface area (Å²) in [4.78, 5) is 32.3. The van der Waals surface area contributed by atoms with Gasteiger partial charge in [-0.3, -0.25) is 14.5 Å². The number of rotatable bonds is 5. The summed E-state index contributed by atoms with van der Waals surface area (Å²) in [7, 11) is 1.54. The van der Waals surface area contributed by atoms with Crippen LogP contribution in [0.4, 0.5) is 5.13 Å². The van der Waals surface area contributed by atoms with E-state index in [1.165, 1.54) is 22.5 Å². The van der Waals surface area contributed by atoms with Crippen molar-refractivity contribution in [2.75, 3.05) is 12.0 Å². The fourth-order valence-corrected chi connectivity index (χ4v) is 4.99. The molecule has 0 saturated carbocycles. The summed E-state index contributed by atoms with van der Waals surface area (Å²) in [5.74, 6) is -0.873. The van der Waals surface area contributed by atoms with Gasteiger partial charge in [0.15, 0.2) is 5.13 Å². The molecule has 3 heterocycles. The first kappa shape index (κ1) is 21.0. The standard InChI is InChI=1S/C25H20N2O5S/c1-3-14-6-11-17-19(13-14)33-25(26-17)27-21(18-5-4-12-32-18)20(23(29)24(27)30)22(28)15-7-9-16(31-2)10-8-15/h4-13,21,28H,3H2,1-2H3/b22-20+/t21-/m1/s1. The molecule has 2 aromatic heterocycles. The summed E-state index contributed by atoms with van der Waals surface area (Å²) in [6, 6.07) is 15.0. The molecular weight excluding hydrogens is 440 g/mol. The minimum atomic E-state index is -0.937. The molecule has 33 heavy (non-hydrogen) atoms. The predicted molar refractivity (Wildman–Crippen MR) is 125 cm³/mol. The van der Waals surface area contributed by atoms with E-state index >= 15 is 0 Å². The third-order valence-corrected chi connectivity index (χ3v) is 6.69. The minimum Gasteiger partial charge on any atom is -0.507 e. The van der Waals surface area contributed by atoms with Crippen LogP contribution < -0.4 is 9.64 Å². The SMILES string of the molecule is CCc1ccc2nc(N3C(=O)C(=O)/C(=C(/O)c4ccc(OC)cc4)[C@H]3c3ccco3)sc2c1. The summed E-state index contributed by atoms with van der Waals surface area (Å²) in [5, 5.41) is 11.5. The number of methoxy groups -OCH3 is 1. The van der Waals surface area contributed by atoms with Crippen molar-refractivity contribution in [3.8, 4) is 5.75 Å². The number of carbonyl (C=O) groups excluding carboxylic acids is 2. The van der Waals surface area contributed by atoms with E-state index in [1.807, 2.05) is 18.2 Å². The molecule has 0 bridgehead atoms. The molecule has 1 amide bonds. The van der Waals surface area contributed by atoms with Crippen LogP contribution in [0, 0.1) is 0 Å². The molecule has 2 aromatic carbocycles. The number of fused-ring (bicyclic) bond motifs is 1. The average molecular weight is 461 g/mol. The van der Waals surface area contributed by atoms with Crippen molar-refractivity contribution < 1.29 is 23.8 Å². The molecule has 8 heteroatoms. The number of hydrogen-bond donors (Lipinski definition) is 1. The van der Waals surface area contributed by atoms with Crippen molar-refractivity contribution >= 4 is 44.1 Å². The van der Waals surface area contributed by atoms with Gasteiger partial charge in [-0.2, -0.15) is 0 Å². The molecule has 4 aromatic rings. The Morgan fingerprint density at radius 2 is 1.97 bits per heavy atom. The smallest absolute Gasteiger partial charge is 0.302 e. The lowest BCUT2D eigenvalue weighted by atomic mass is 9.99. The lowest BCUT2D eigenvalue weighted by Gasteiger charge is -2.20. The van der Waals surface area contributed by atoms with Crippen molar-refractivity contribution in [3.05, 3.63) is 83.3 Å². The zero-order chi connectivity index (χ0) is 23.1. The molecule has 1 aliphatic heterocycles. The van der Waals surface area contributed by atoms with Crippen LogP contribution in [0.1, 0.15) is 29.9 Å². The Morgan fingerprint density at radius 1 is 1.18 bits per heavy atom. The molecular formula is C25H20N2O5S. The van der Waals surface area contributed by atoms with Crippen molar-refractivity contribution in [1.82, 2.24) is 4.98 Å². The molecule has 1 aliphatic rings. The normalized spacial score (nSPS) is 17.8. The highest BCUT2D eigenvalue weighted by atomic mass is 32.1. The van der Waals surface area contributed by atoms with E-state index in [9.17, 15) is 14.7 Å². The van der Waals surface area contributed by atoms with E-state index in [1.54, 1.807) is 43.5 Å². The molecule has 7 nitrogen and oxygen atoms in total. The van der Waals surface area contributed by atoms with Gasteiger partial charge >= 0.3 is 5.91 Å². The van der Waals surface area contributed by atoms with E-state index in [0.717, 1.165) is 22.2 Å². The maximum Gasteiger partial charge on any atom is 0.302 e. The third-order valence-electron chi connectivity index (χ3n) is 5.68. The van der Waals surface area contributed by atoms with Crippen LogP contribution in [-0.2, 0) is 16.0 Å². The molecule has 1 saturated heterocycles. The van der Waals surface area contributed by atoms with Gasteiger partial charge in [-0.25, -0.2) is 4.98 Å². The number of anilines is 1. The molecule has 5 rings (SSSR count). The highest BCUT2D eigenvalue weighted by Crippen LogP contribution is 2.44. The number of nitrogens with zero attached hydrogens (tertiary/aromatic N) is 2. The minimum absolute atomic E-state index is 0.0476. The molecule has 166 valence electrons. The number of benzene rings is 2. The lowest BCUT2D eigenvalue weighted by Crippen LogP contribution is -2.29. The van der Waals surface area contributed by atoms with Crippen molar-refractivity contribution in [1.29, 1.82) is 0 Å². The Balaban J connectivity index is 1.67. The molecule has 0 radical (unpaired) electrons. The van der Waals surface area contributed by atoms with Crippen molar-refractivity contribution in [2.24, 2.45) is 0 Å². The average Bonchev–Trinajstić information content (AvgIpc) is 3.57. The summed E-state index contributed by atoms with van der Waals surface area (Å²) in [5.41, 5.74) is 2.24. The Bertz CT molecular complexity index is 1390. The van der Waals surface area contributed by atoms with Gasteiger partial charge in [0, 0.05) is 5.56 Å². The number of aryl methyl sites for hydroxylation is 1. The summed E-state index contributed by atoms with van der Waals surface area (Å²) in [6.45, 7) is 2.07. The van der Waals surface area contributed by atoms with Crippen LogP contribution in [-0.4, -0.2) is 28.9 Å². The van der Waals surface area contributed by atoms with Crippen LogP contribution in [0.2, 0.25) is 0 Å². The number of aromatic nitrogens is 1. The monoisotopic (exact) mass is 460 g/mol. The number of carbonyl (C=O) groups is 2. The molecule has 0 unspecified atom stereocenters. The zero-order valence-electron chi connectivity index (χ0n) is 17.9. The van der Waals surface area contributed by atoms with Crippen LogP contribution in [0.25, 0.3) is 16.0 Å². The van der Waals surface area contributed by atoms with Crippen LogP contribution in [0.3, 0.4) is 0 Å². The topological polar surface area (TPSA) is 92.9 Å². The van der Waals surface area contributed by atoms with E-state index in [0.29, 0.717) is 22.2 Å². The number of Topliss-reactive ketones (excluding diaryl/α,β-unsaturated/α-hetero) is 1. The van der Waals surface area contributed by atoms with E-state index in [2.05, 4.69) is 11.9 Å².